The first-order valence-electron chi connectivity index (χ1n) is 7.60. The van der Waals surface area contributed by atoms with Gasteiger partial charge >= 0.3 is 0 Å². The van der Waals surface area contributed by atoms with Gasteiger partial charge in [0.1, 0.15) is 0 Å². The molecule has 6 nitrogen and oxygen atoms in total. The van der Waals surface area contributed by atoms with E-state index < -0.39 is 4.92 Å². The van der Waals surface area contributed by atoms with E-state index >= 15 is 0 Å². The highest BCUT2D eigenvalue weighted by Crippen LogP contribution is 2.66. The number of nitrogens with one attached hydrogen (secondary N) is 1. The van der Waals surface area contributed by atoms with Crippen molar-refractivity contribution in [1.82, 2.24) is 5.43 Å². The second kappa shape index (κ2) is 5.51. The number of hydrogen-bond acceptors (Lipinski definition) is 4. The first-order chi connectivity index (χ1) is 10.5. The fraction of sp³-hybridized carbons (Fsp3) is 0.500. The third-order valence-electron chi connectivity index (χ3n) is 5.11. The average Bonchev–Trinajstić information content (AvgIpc) is 3.13. The van der Waals surface area contributed by atoms with Crippen LogP contribution in [-0.4, -0.2) is 17.0 Å². The zero-order valence-electron chi connectivity index (χ0n) is 12.5. The molecule has 2 fully saturated rings. The van der Waals surface area contributed by atoms with Crippen LogP contribution in [0.3, 0.4) is 0 Å². The summed E-state index contributed by atoms with van der Waals surface area (Å²) in [5, 5.41) is 14.5. The third kappa shape index (κ3) is 2.61. The maximum atomic E-state index is 12.2. The molecule has 2 saturated carbocycles. The van der Waals surface area contributed by atoms with Crippen molar-refractivity contribution < 1.29 is 9.72 Å². The van der Waals surface area contributed by atoms with Crippen molar-refractivity contribution in [1.29, 1.82) is 0 Å². The summed E-state index contributed by atoms with van der Waals surface area (Å²) in [5.41, 5.74) is 3.53. The van der Waals surface area contributed by atoms with Crippen LogP contribution in [0.15, 0.2) is 29.4 Å². The van der Waals surface area contributed by atoms with E-state index in [0.717, 1.165) is 12.8 Å². The van der Waals surface area contributed by atoms with Crippen molar-refractivity contribution in [2.75, 3.05) is 0 Å². The molecule has 3 atom stereocenters. The molecule has 6 heteroatoms. The fourth-order valence-corrected chi connectivity index (χ4v) is 3.77. The molecule has 3 rings (SSSR count). The van der Waals surface area contributed by atoms with Gasteiger partial charge in [0.05, 0.1) is 11.1 Å². The number of nitrogens with zero attached hydrogens (tertiary/aromatic N) is 2. The highest BCUT2D eigenvalue weighted by atomic mass is 16.6. The van der Waals surface area contributed by atoms with Gasteiger partial charge in [-0.3, -0.25) is 14.9 Å². The van der Waals surface area contributed by atoms with Crippen molar-refractivity contribution in [3.63, 3.8) is 0 Å². The van der Waals surface area contributed by atoms with Crippen LogP contribution in [0.4, 0.5) is 5.69 Å². The summed E-state index contributed by atoms with van der Waals surface area (Å²) in [6.07, 6.45) is 6.21. The van der Waals surface area contributed by atoms with Crippen molar-refractivity contribution in [2.45, 2.75) is 32.6 Å². The molecule has 0 radical (unpaired) electrons. The molecule has 2 aliphatic rings. The van der Waals surface area contributed by atoms with Crippen LogP contribution in [0.1, 0.15) is 38.2 Å². The van der Waals surface area contributed by atoms with E-state index in [1.165, 1.54) is 31.2 Å². The second-order valence-corrected chi connectivity index (χ2v) is 6.42. The number of nitro benzene ring substituents is 1. The molecule has 0 spiro atoms. The van der Waals surface area contributed by atoms with E-state index in [4.69, 9.17) is 0 Å². The van der Waals surface area contributed by atoms with Gasteiger partial charge in [0.25, 0.3) is 5.69 Å². The molecule has 1 amide bonds. The number of fused-ring (bicyclic) bond motifs is 1. The van der Waals surface area contributed by atoms with Gasteiger partial charge in [-0.2, -0.15) is 5.10 Å². The predicted molar refractivity (Wildman–Crippen MR) is 82.4 cm³/mol. The van der Waals surface area contributed by atoms with Crippen LogP contribution in [0.5, 0.6) is 0 Å². The zero-order chi connectivity index (χ0) is 15.7. The van der Waals surface area contributed by atoms with Crippen molar-refractivity contribution in [3.05, 3.63) is 39.9 Å². The average molecular weight is 301 g/mol. The molecular weight excluding hydrogens is 282 g/mol. The van der Waals surface area contributed by atoms with E-state index in [2.05, 4.69) is 17.5 Å². The Hall–Kier alpha value is -2.24. The monoisotopic (exact) mass is 301 g/mol. The van der Waals surface area contributed by atoms with Gasteiger partial charge in [0, 0.05) is 18.1 Å². The van der Waals surface area contributed by atoms with Crippen LogP contribution < -0.4 is 5.43 Å². The molecule has 116 valence electrons. The maximum absolute atomic E-state index is 12.2. The van der Waals surface area contributed by atoms with E-state index in [-0.39, 0.29) is 22.9 Å². The summed E-state index contributed by atoms with van der Waals surface area (Å²) in [4.78, 5) is 22.3. The van der Waals surface area contributed by atoms with Crippen molar-refractivity contribution in [2.24, 2.45) is 22.4 Å². The number of amides is 1. The van der Waals surface area contributed by atoms with E-state index in [0.29, 0.717) is 11.5 Å². The topological polar surface area (TPSA) is 84.6 Å². The normalized spacial score (nSPS) is 29.9. The van der Waals surface area contributed by atoms with Gasteiger partial charge in [-0.25, -0.2) is 5.43 Å². The van der Waals surface area contributed by atoms with Gasteiger partial charge in [0.15, 0.2) is 0 Å². The fourth-order valence-electron chi connectivity index (χ4n) is 3.77. The molecule has 22 heavy (non-hydrogen) atoms. The molecule has 0 aliphatic heterocycles. The Kier molecular flexibility index (Phi) is 3.68. The van der Waals surface area contributed by atoms with Gasteiger partial charge in [-0.1, -0.05) is 19.8 Å². The van der Waals surface area contributed by atoms with Crippen LogP contribution in [-0.2, 0) is 4.79 Å². The van der Waals surface area contributed by atoms with E-state index in [1.807, 2.05) is 0 Å². The van der Waals surface area contributed by atoms with Gasteiger partial charge < -0.3 is 0 Å². The minimum atomic E-state index is -0.446. The molecule has 0 heterocycles. The molecule has 0 unspecified atom stereocenters. The van der Waals surface area contributed by atoms with Crippen LogP contribution in [0, 0.1) is 27.4 Å². The molecular formula is C16H19N3O3. The molecule has 1 aromatic rings. The molecule has 1 N–H and O–H groups in total. The summed E-state index contributed by atoms with van der Waals surface area (Å²) in [7, 11) is 0. The highest BCUT2D eigenvalue weighted by Gasteiger charge is 2.64. The summed E-state index contributed by atoms with van der Waals surface area (Å²) >= 11 is 0. The highest BCUT2D eigenvalue weighted by molar-refractivity contribution is 5.86. The lowest BCUT2D eigenvalue weighted by molar-refractivity contribution is -0.384. The van der Waals surface area contributed by atoms with Gasteiger partial charge in [0.2, 0.25) is 5.91 Å². The second-order valence-electron chi connectivity index (χ2n) is 6.42. The summed E-state index contributed by atoms with van der Waals surface area (Å²) < 4.78 is 0. The standard InChI is InChI=1S/C16H19N3O3/c1-16-9-3-2-4-13(16)14(16)15(20)18-17-10-11-5-7-12(8-6-11)19(21)22/h5-8,10,13-14H,2-4,9H2,1H3,(H,18,20)/b17-10-/t13-,14+,16-/m0/s1. The summed E-state index contributed by atoms with van der Waals surface area (Å²) in [6, 6.07) is 6.04. The number of carbonyl (C=O) groups is 1. The Balaban J connectivity index is 1.56. The maximum Gasteiger partial charge on any atom is 0.269 e. The van der Waals surface area contributed by atoms with Gasteiger partial charge in [-0.15, -0.1) is 0 Å². The Labute approximate surface area is 128 Å². The van der Waals surface area contributed by atoms with E-state index in [1.54, 1.807) is 12.1 Å². The molecule has 2 aliphatic carbocycles. The first-order valence-corrected chi connectivity index (χ1v) is 7.60. The lowest BCUT2D eigenvalue weighted by Gasteiger charge is -2.15. The Morgan fingerprint density at radius 3 is 2.73 bits per heavy atom. The Morgan fingerprint density at radius 2 is 2.14 bits per heavy atom. The lowest BCUT2D eigenvalue weighted by atomic mass is 9.90. The van der Waals surface area contributed by atoms with Crippen LogP contribution in [0.25, 0.3) is 0 Å². The first kappa shape index (κ1) is 14.7. The lowest BCUT2D eigenvalue weighted by Crippen LogP contribution is -2.22. The predicted octanol–water partition coefficient (Wildman–Crippen LogP) is 2.87. The van der Waals surface area contributed by atoms with Crippen LogP contribution in [0.2, 0.25) is 0 Å². The quantitative estimate of drug-likeness (QED) is 0.527. The molecule has 0 saturated heterocycles. The number of hydrogen-bond donors (Lipinski definition) is 1. The number of rotatable bonds is 4. The zero-order valence-corrected chi connectivity index (χ0v) is 12.5. The van der Waals surface area contributed by atoms with Crippen LogP contribution >= 0.6 is 0 Å². The number of benzene rings is 1. The van der Waals surface area contributed by atoms with Crippen molar-refractivity contribution in [3.8, 4) is 0 Å². The molecule has 0 bridgehead atoms. The minimum absolute atomic E-state index is 0.00689. The Bertz CT molecular complexity index is 626. The number of hydrazone groups is 1. The third-order valence-corrected chi connectivity index (χ3v) is 5.11. The Morgan fingerprint density at radius 1 is 1.41 bits per heavy atom. The molecule has 0 aromatic heterocycles. The van der Waals surface area contributed by atoms with Gasteiger partial charge in [-0.05, 0) is 41.9 Å². The SMILES string of the molecule is C[C@]12CCCC[C@H]1[C@@H]2C(=O)N/N=C\c1ccc([N+](=O)[O-])cc1. The number of nitro groups is 1. The minimum Gasteiger partial charge on any atom is -0.273 e. The summed E-state index contributed by atoms with van der Waals surface area (Å²) in [5.74, 6) is 0.590. The molecule has 1 aromatic carbocycles. The number of non-ortho nitro benzene ring substituents is 1. The van der Waals surface area contributed by atoms with Crippen molar-refractivity contribution >= 4 is 17.8 Å². The van der Waals surface area contributed by atoms with E-state index in [9.17, 15) is 14.9 Å². The summed E-state index contributed by atoms with van der Waals surface area (Å²) in [6.45, 7) is 2.20. The smallest absolute Gasteiger partial charge is 0.269 e. The largest absolute Gasteiger partial charge is 0.273 e. The number of carbonyl (C=O) groups excluding carboxylic acids is 1.